The first-order chi connectivity index (χ1) is 8.56. The van der Waals surface area contributed by atoms with Gasteiger partial charge in [0.15, 0.2) is 0 Å². The van der Waals surface area contributed by atoms with Crippen molar-refractivity contribution in [2.45, 2.75) is 31.7 Å². The lowest BCUT2D eigenvalue weighted by Gasteiger charge is -2.32. The minimum atomic E-state index is -0.929. The lowest BCUT2D eigenvalue weighted by molar-refractivity contribution is -0.141. The van der Waals surface area contributed by atoms with Crippen LogP contribution in [-0.4, -0.2) is 57.2 Å². The maximum absolute atomic E-state index is 12.4. The molecular formula is C12H20N2O3S. The number of urea groups is 1. The van der Waals surface area contributed by atoms with E-state index in [1.807, 2.05) is 13.8 Å². The summed E-state index contributed by atoms with van der Waals surface area (Å²) in [6.45, 7) is 8.45. The van der Waals surface area contributed by atoms with Crippen molar-refractivity contribution in [3.63, 3.8) is 0 Å². The predicted molar refractivity (Wildman–Crippen MR) is 72.6 cm³/mol. The van der Waals surface area contributed by atoms with Crippen LogP contribution >= 0.6 is 11.8 Å². The summed E-state index contributed by atoms with van der Waals surface area (Å²) in [5.41, 5.74) is 0. The first kappa shape index (κ1) is 14.9. The zero-order chi connectivity index (χ0) is 13.7. The molecule has 1 aliphatic rings. The van der Waals surface area contributed by atoms with Crippen molar-refractivity contribution in [2.75, 3.05) is 18.8 Å². The number of carboxylic acids is 1. The predicted octanol–water partition coefficient (Wildman–Crippen LogP) is 1.85. The van der Waals surface area contributed by atoms with E-state index in [1.165, 1.54) is 16.7 Å². The van der Waals surface area contributed by atoms with Crippen LogP contribution < -0.4 is 0 Å². The van der Waals surface area contributed by atoms with E-state index in [1.54, 1.807) is 11.0 Å². The number of carbonyl (C=O) groups is 2. The molecule has 102 valence electrons. The second-order valence-electron chi connectivity index (χ2n) is 4.07. The number of hydrogen-bond acceptors (Lipinski definition) is 3. The molecule has 2 atom stereocenters. The average Bonchev–Trinajstić information content (AvgIpc) is 2.78. The molecule has 0 aromatic carbocycles. The van der Waals surface area contributed by atoms with Gasteiger partial charge in [-0.2, -0.15) is 0 Å². The first-order valence-electron chi connectivity index (χ1n) is 6.09. The highest BCUT2D eigenvalue weighted by Crippen LogP contribution is 2.32. The van der Waals surface area contributed by atoms with Gasteiger partial charge in [-0.1, -0.05) is 13.0 Å². The number of thioether (sulfide) groups is 1. The minimum absolute atomic E-state index is 0.0440. The highest BCUT2D eigenvalue weighted by atomic mass is 32.2. The summed E-state index contributed by atoms with van der Waals surface area (Å²) in [6, 6.07) is -0.923. The maximum atomic E-state index is 12.4. The van der Waals surface area contributed by atoms with E-state index in [4.69, 9.17) is 0 Å². The number of amides is 2. The standard InChI is InChI=1S/C12H20N2O3S/c1-4-7-13(6-3)12(17)14-9(11(15)16)8-18-10(14)5-2/h4,9-10H,1,5-8H2,2-3H3,(H,15,16). The van der Waals surface area contributed by atoms with Gasteiger partial charge in [-0.3, -0.25) is 4.90 Å². The molecule has 5 nitrogen and oxygen atoms in total. The molecule has 2 amide bonds. The molecule has 0 radical (unpaired) electrons. The van der Waals surface area contributed by atoms with Gasteiger partial charge in [-0.15, -0.1) is 18.3 Å². The number of carboxylic acid groups (broad SMARTS) is 1. The van der Waals surface area contributed by atoms with Gasteiger partial charge in [-0.05, 0) is 13.3 Å². The summed E-state index contributed by atoms with van der Waals surface area (Å²) >= 11 is 1.53. The molecule has 0 aromatic heterocycles. The minimum Gasteiger partial charge on any atom is -0.480 e. The van der Waals surface area contributed by atoms with Gasteiger partial charge in [-0.25, -0.2) is 9.59 Å². The van der Waals surface area contributed by atoms with Gasteiger partial charge in [0.25, 0.3) is 0 Å². The molecular weight excluding hydrogens is 252 g/mol. The fourth-order valence-corrected chi connectivity index (χ4v) is 3.33. The molecule has 18 heavy (non-hydrogen) atoms. The van der Waals surface area contributed by atoms with Gasteiger partial charge >= 0.3 is 12.0 Å². The molecule has 1 rings (SSSR count). The number of hydrogen-bond donors (Lipinski definition) is 1. The topological polar surface area (TPSA) is 60.9 Å². The Kier molecular flexibility index (Phi) is 5.53. The van der Waals surface area contributed by atoms with Gasteiger partial charge in [0.1, 0.15) is 6.04 Å². The Morgan fingerprint density at radius 2 is 2.22 bits per heavy atom. The van der Waals surface area contributed by atoms with Crippen molar-refractivity contribution in [3.8, 4) is 0 Å². The van der Waals surface area contributed by atoms with Crippen molar-refractivity contribution < 1.29 is 14.7 Å². The number of nitrogens with zero attached hydrogens (tertiary/aromatic N) is 2. The van der Waals surface area contributed by atoms with E-state index >= 15 is 0 Å². The number of carbonyl (C=O) groups excluding carboxylic acids is 1. The molecule has 0 aromatic rings. The second-order valence-corrected chi connectivity index (χ2v) is 5.28. The lowest BCUT2D eigenvalue weighted by atomic mass is 10.2. The van der Waals surface area contributed by atoms with E-state index in [0.29, 0.717) is 18.8 Å². The molecule has 1 saturated heterocycles. The van der Waals surface area contributed by atoms with Crippen LogP contribution in [0.25, 0.3) is 0 Å². The smallest absolute Gasteiger partial charge is 0.327 e. The van der Waals surface area contributed by atoms with Crippen molar-refractivity contribution in [1.29, 1.82) is 0 Å². The zero-order valence-corrected chi connectivity index (χ0v) is 11.7. The Labute approximate surface area is 112 Å². The van der Waals surface area contributed by atoms with Crippen molar-refractivity contribution in [3.05, 3.63) is 12.7 Å². The molecule has 0 spiro atoms. The van der Waals surface area contributed by atoms with Crippen LogP contribution in [0.5, 0.6) is 0 Å². The van der Waals surface area contributed by atoms with Crippen molar-refractivity contribution in [1.82, 2.24) is 9.80 Å². The van der Waals surface area contributed by atoms with Crippen LogP contribution in [-0.2, 0) is 4.79 Å². The van der Waals surface area contributed by atoms with Gasteiger partial charge in [0.05, 0.1) is 5.37 Å². The fraction of sp³-hybridized carbons (Fsp3) is 0.667. The van der Waals surface area contributed by atoms with E-state index < -0.39 is 12.0 Å². The molecule has 0 saturated carbocycles. The lowest BCUT2D eigenvalue weighted by Crippen LogP contribution is -2.51. The molecule has 1 N–H and O–H groups in total. The number of aliphatic carboxylic acids is 1. The van der Waals surface area contributed by atoms with Crippen LogP contribution in [0.3, 0.4) is 0 Å². The van der Waals surface area contributed by atoms with Crippen LogP contribution in [0.15, 0.2) is 12.7 Å². The summed E-state index contributed by atoms with van der Waals surface area (Å²) in [4.78, 5) is 26.7. The largest absolute Gasteiger partial charge is 0.480 e. The molecule has 1 fully saturated rings. The third-order valence-electron chi connectivity index (χ3n) is 2.95. The molecule has 0 aliphatic carbocycles. The first-order valence-corrected chi connectivity index (χ1v) is 7.14. The summed E-state index contributed by atoms with van der Waals surface area (Å²) in [7, 11) is 0. The fourth-order valence-electron chi connectivity index (χ4n) is 1.99. The van der Waals surface area contributed by atoms with E-state index in [2.05, 4.69) is 6.58 Å². The average molecular weight is 272 g/mol. The molecule has 1 heterocycles. The third kappa shape index (κ3) is 2.98. The maximum Gasteiger partial charge on any atom is 0.327 e. The summed E-state index contributed by atoms with van der Waals surface area (Å²) in [5.74, 6) is -0.466. The zero-order valence-electron chi connectivity index (χ0n) is 10.8. The summed E-state index contributed by atoms with van der Waals surface area (Å²) in [5, 5.41) is 9.14. The SMILES string of the molecule is C=CCN(CC)C(=O)N1C(CC)SCC1C(=O)O. The second kappa shape index (κ2) is 6.68. The van der Waals surface area contributed by atoms with E-state index in [9.17, 15) is 14.7 Å². The van der Waals surface area contributed by atoms with Crippen molar-refractivity contribution in [2.24, 2.45) is 0 Å². The molecule has 6 heteroatoms. The molecule has 2 unspecified atom stereocenters. The Bertz CT molecular complexity index is 335. The number of rotatable bonds is 5. The normalized spacial score (nSPS) is 22.9. The molecule has 1 aliphatic heterocycles. The van der Waals surface area contributed by atoms with Gasteiger partial charge in [0, 0.05) is 18.8 Å². The summed E-state index contributed by atoms with van der Waals surface area (Å²) in [6.07, 6.45) is 2.41. The van der Waals surface area contributed by atoms with E-state index in [-0.39, 0.29) is 11.4 Å². The Morgan fingerprint density at radius 1 is 1.56 bits per heavy atom. The Hall–Kier alpha value is -1.17. The van der Waals surface area contributed by atoms with Crippen LogP contribution in [0, 0.1) is 0 Å². The van der Waals surface area contributed by atoms with Crippen LogP contribution in [0.1, 0.15) is 20.3 Å². The van der Waals surface area contributed by atoms with Gasteiger partial charge in [0.2, 0.25) is 0 Å². The monoisotopic (exact) mass is 272 g/mol. The Morgan fingerprint density at radius 3 is 2.67 bits per heavy atom. The highest BCUT2D eigenvalue weighted by Gasteiger charge is 2.42. The van der Waals surface area contributed by atoms with Crippen molar-refractivity contribution >= 4 is 23.8 Å². The molecule has 0 bridgehead atoms. The van der Waals surface area contributed by atoms with Crippen LogP contribution in [0.2, 0.25) is 0 Å². The van der Waals surface area contributed by atoms with Crippen LogP contribution in [0.4, 0.5) is 4.79 Å². The Balaban J connectivity index is 2.89. The van der Waals surface area contributed by atoms with Gasteiger partial charge < -0.3 is 10.0 Å². The van der Waals surface area contributed by atoms with E-state index in [0.717, 1.165) is 6.42 Å². The quantitative estimate of drug-likeness (QED) is 0.776. The third-order valence-corrected chi connectivity index (χ3v) is 4.40. The highest BCUT2D eigenvalue weighted by molar-refractivity contribution is 8.00. The number of likely N-dealkylation sites (N-methyl/N-ethyl adjacent to an activating group) is 1. The summed E-state index contributed by atoms with van der Waals surface area (Å²) < 4.78 is 0.